The van der Waals surface area contributed by atoms with Crippen LogP contribution in [0.4, 0.5) is 0 Å². The average molecular weight is 476 g/mol. The van der Waals surface area contributed by atoms with Crippen LogP contribution in [0.3, 0.4) is 0 Å². The summed E-state index contributed by atoms with van der Waals surface area (Å²) in [6.45, 7) is 7.43. The molecule has 0 saturated carbocycles. The van der Waals surface area contributed by atoms with Gasteiger partial charge in [0.1, 0.15) is 6.10 Å². The monoisotopic (exact) mass is 475 g/mol. The Morgan fingerprint density at radius 3 is 1.91 bits per heavy atom. The van der Waals surface area contributed by atoms with E-state index in [0.29, 0.717) is 0 Å². The van der Waals surface area contributed by atoms with E-state index in [1.165, 1.54) is 14.0 Å². The van der Waals surface area contributed by atoms with Crippen LogP contribution >= 0.6 is 0 Å². The molecule has 9 heteroatoms. The Morgan fingerprint density at radius 2 is 1.52 bits per heavy atom. The van der Waals surface area contributed by atoms with Gasteiger partial charge < -0.3 is 24.1 Å². The number of hydrogen-bond acceptors (Lipinski definition) is 7. The lowest BCUT2D eigenvalue weighted by Gasteiger charge is -2.46. The van der Waals surface area contributed by atoms with Crippen LogP contribution in [-0.2, 0) is 13.9 Å². The van der Waals surface area contributed by atoms with E-state index < -0.39 is 43.4 Å². The molecular formula is C24H33NO7Si. The topological polar surface area (TPSA) is 111 Å². The Labute approximate surface area is 195 Å². The molecule has 0 aromatic heterocycles. The van der Waals surface area contributed by atoms with Crippen molar-refractivity contribution in [2.45, 2.75) is 62.9 Å². The van der Waals surface area contributed by atoms with Gasteiger partial charge in [0.25, 0.3) is 13.9 Å². The van der Waals surface area contributed by atoms with E-state index in [9.17, 15) is 20.3 Å². The van der Waals surface area contributed by atoms with E-state index in [0.717, 1.165) is 10.4 Å². The molecule has 0 radical (unpaired) electrons. The van der Waals surface area contributed by atoms with E-state index in [4.69, 9.17) is 13.9 Å². The molecule has 3 rings (SSSR count). The standard InChI is InChI=1S/C24H33NO7Si/c1-23(2,3)33(17-12-8-6-9-13-17,18-14-10-7-11-15-18)31-16-19-20(26)24(4,25(28)29)21(27)22(30-5)32-19/h6-15,19-22,26-27H,16H2,1-5H3/t19-,20-,21+,22+,24-/m1/s1. The van der Waals surface area contributed by atoms with Crippen molar-refractivity contribution in [3.05, 3.63) is 70.8 Å². The summed E-state index contributed by atoms with van der Waals surface area (Å²) in [5.74, 6) is 0. The minimum absolute atomic E-state index is 0.107. The van der Waals surface area contributed by atoms with Crippen LogP contribution in [0, 0.1) is 10.1 Å². The molecule has 1 heterocycles. The molecule has 5 atom stereocenters. The number of hydrogen-bond donors (Lipinski definition) is 2. The number of nitrogens with zero attached hydrogens (tertiary/aromatic N) is 1. The summed E-state index contributed by atoms with van der Waals surface area (Å²) in [7, 11) is -1.65. The zero-order chi connectivity index (χ0) is 24.4. The quantitative estimate of drug-likeness (QED) is 0.356. The van der Waals surface area contributed by atoms with Gasteiger partial charge in [-0.25, -0.2) is 0 Å². The largest absolute Gasteiger partial charge is 0.405 e. The first-order valence-electron chi connectivity index (χ1n) is 10.9. The highest BCUT2D eigenvalue weighted by atomic mass is 28.4. The molecule has 0 spiro atoms. The van der Waals surface area contributed by atoms with E-state index in [1.54, 1.807) is 0 Å². The third-order valence-electron chi connectivity index (χ3n) is 6.62. The second-order valence-corrected chi connectivity index (χ2v) is 13.9. The third kappa shape index (κ3) is 4.36. The van der Waals surface area contributed by atoms with Gasteiger partial charge >= 0.3 is 0 Å². The van der Waals surface area contributed by atoms with Gasteiger partial charge in [-0.05, 0) is 15.4 Å². The van der Waals surface area contributed by atoms with E-state index in [-0.39, 0.29) is 11.6 Å². The number of rotatable bonds is 7. The average Bonchev–Trinajstić information content (AvgIpc) is 2.79. The molecule has 2 aromatic rings. The molecule has 8 nitrogen and oxygen atoms in total. The SMILES string of the molecule is CO[C@H]1O[C@H](CO[Si](c2ccccc2)(c2ccccc2)C(C)(C)C)[C@@H](O)[C@@](C)([N+](=O)[O-])[C@H]1O. The first-order valence-corrected chi connectivity index (χ1v) is 12.8. The first kappa shape index (κ1) is 25.5. The Bertz CT molecular complexity index is 897. The van der Waals surface area contributed by atoms with E-state index in [1.807, 2.05) is 60.7 Å². The fraction of sp³-hybridized carbons (Fsp3) is 0.500. The number of aliphatic hydroxyl groups is 2. The summed E-state index contributed by atoms with van der Waals surface area (Å²) in [5, 5.41) is 35.0. The van der Waals surface area contributed by atoms with Gasteiger partial charge in [-0.15, -0.1) is 0 Å². The highest BCUT2D eigenvalue weighted by Gasteiger charge is 2.63. The lowest BCUT2D eigenvalue weighted by atomic mass is 9.83. The maximum atomic E-state index is 11.8. The molecule has 1 aliphatic rings. The van der Waals surface area contributed by atoms with Crippen molar-refractivity contribution >= 4 is 18.7 Å². The Morgan fingerprint density at radius 1 is 1.03 bits per heavy atom. The van der Waals surface area contributed by atoms with Crippen LogP contribution in [0.15, 0.2) is 60.7 Å². The summed E-state index contributed by atoms with van der Waals surface area (Å²) < 4.78 is 17.7. The van der Waals surface area contributed by atoms with Gasteiger partial charge in [0, 0.05) is 19.0 Å². The van der Waals surface area contributed by atoms with Crippen LogP contribution < -0.4 is 10.4 Å². The van der Waals surface area contributed by atoms with Crippen molar-refractivity contribution in [2.75, 3.05) is 13.7 Å². The van der Waals surface area contributed by atoms with Gasteiger partial charge in [0.05, 0.1) is 6.61 Å². The predicted octanol–water partition coefficient (Wildman–Crippen LogP) is 1.69. The van der Waals surface area contributed by atoms with Crippen molar-refractivity contribution in [3.8, 4) is 0 Å². The van der Waals surface area contributed by atoms with Crippen LogP contribution in [0.1, 0.15) is 27.7 Å². The zero-order valence-corrected chi connectivity index (χ0v) is 20.7. The van der Waals surface area contributed by atoms with Crippen LogP contribution in [0.2, 0.25) is 5.04 Å². The van der Waals surface area contributed by atoms with Crippen LogP contribution in [-0.4, -0.2) is 67.3 Å². The van der Waals surface area contributed by atoms with Crippen molar-refractivity contribution in [1.29, 1.82) is 0 Å². The second-order valence-electron chi connectivity index (χ2n) is 9.63. The number of nitro groups is 1. The molecule has 2 aromatic carbocycles. The molecule has 2 N–H and O–H groups in total. The molecule has 1 aliphatic heterocycles. The predicted molar refractivity (Wildman–Crippen MR) is 127 cm³/mol. The normalized spacial score (nSPS) is 28.5. The Balaban J connectivity index is 2.05. The molecule has 0 aliphatic carbocycles. The van der Waals surface area contributed by atoms with E-state index in [2.05, 4.69) is 20.8 Å². The van der Waals surface area contributed by atoms with Gasteiger partial charge in [0.2, 0.25) is 0 Å². The van der Waals surface area contributed by atoms with Crippen molar-refractivity contribution < 1.29 is 29.0 Å². The lowest BCUT2D eigenvalue weighted by molar-refractivity contribution is -0.609. The third-order valence-corrected chi connectivity index (χ3v) is 11.6. The first-order chi connectivity index (χ1) is 15.5. The highest BCUT2D eigenvalue weighted by molar-refractivity contribution is 6.99. The summed E-state index contributed by atoms with van der Waals surface area (Å²) in [6, 6.07) is 19.9. The maximum absolute atomic E-state index is 11.8. The van der Waals surface area contributed by atoms with Crippen LogP contribution in [0.25, 0.3) is 0 Å². The smallest absolute Gasteiger partial charge is 0.277 e. The highest BCUT2D eigenvalue weighted by Crippen LogP contribution is 2.38. The molecule has 0 amide bonds. The molecule has 33 heavy (non-hydrogen) atoms. The second kappa shape index (κ2) is 9.61. The van der Waals surface area contributed by atoms with Gasteiger partial charge in [-0.1, -0.05) is 81.4 Å². The lowest BCUT2D eigenvalue weighted by Crippen LogP contribution is -2.71. The molecule has 180 valence electrons. The van der Waals surface area contributed by atoms with Gasteiger partial charge in [0.15, 0.2) is 18.5 Å². The maximum Gasteiger partial charge on any atom is 0.277 e. The summed E-state index contributed by atoms with van der Waals surface area (Å²) in [5.41, 5.74) is -2.07. The summed E-state index contributed by atoms with van der Waals surface area (Å²) >= 11 is 0. The zero-order valence-electron chi connectivity index (χ0n) is 19.7. The number of benzene rings is 2. The fourth-order valence-electron chi connectivity index (χ4n) is 4.65. The molecule has 0 unspecified atom stereocenters. The minimum Gasteiger partial charge on any atom is -0.405 e. The van der Waals surface area contributed by atoms with Gasteiger partial charge in [-0.3, -0.25) is 10.1 Å². The van der Waals surface area contributed by atoms with Gasteiger partial charge in [-0.2, -0.15) is 0 Å². The Kier molecular flexibility index (Phi) is 7.42. The minimum atomic E-state index is -2.95. The molecule has 0 bridgehead atoms. The van der Waals surface area contributed by atoms with E-state index >= 15 is 0 Å². The van der Waals surface area contributed by atoms with Crippen molar-refractivity contribution in [3.63, 3.8) is 0 Å². The molecular weight excluding hydrogens is 442 g/mol. The summed E-state index contributed by atoms with van der Waals surface area (Å²) in [4.78, 5) is 11.2. The summed E-state index contributed by atoms with van der Waals surface area (Å²) in [6.07, 6.45) is -5.59. The van der Waals surface area contributed by atoms with Crippen LogP contribution in [0.5, 0.6) is 0 Å². The number of ether oxygens (including phenoxy) is 2. The number of aliphatic hydroxyl groups excluding tert-OH is 2. The number of methoxy groups -OCH3 is 1. The van der Waals surface area contributed by atoms with Crippen molar-refractivity contribution in [2.24, 2.45) is 0 Å². The van der Waals surface area contributed by atoms with Crippen molar-refractivity contribution in [1.82, 2.24) is 0 Å². The molecule has 1 fully saturated rings. The fourth-order valence-corrected chi connectivity index (χ4v) is 9.22. The molecule has 1 saturated heterocycles. The Hall–Kier alpha value is -2.14.